The number of hydrogen-bond acceptors (Lipinski definition) is 1. The molecule has 0 spiro atoms. The van der Waals surface area contributed by atoms with Crippen LogP contribution in [-0.4, -0.2) is 11.2 Å². The Morgan fingerprint density at radius 2 is 1.17 bits per heavy atom. The van der Waals surface area contributed by atoms with E-state index in [0.717, 1.165) is 25.7 Å². The summed E-state index contributed by atoms with van der Waals surface area (Å²) >= 11 is 0. The SMILES string of the molecule is CC(C)=CCC/C(C)=C/C=C/C(C)=C/C=C/C(C)=C\C=C\C=C(C)\C=C\C=C(C)\C=C\C1=C(C)C[C@@H](O)CC1(C)C. The maximum atomic E-state index is 10.1. The van der Waals surface area contributed by atoms with Crippen molar-refractivity contribution in [3.63, 3.8) is 0 Å². The minimum atomic E-state index is -0.222. The Morgan fingerprint density at radius 1 is 0.707 bits per heavy atom. The summed E-state index contributed by atoms with van der Waals surface area (Å²) in [5, 5.41) is 10.1. The van der Waals surface area contributed by atoms with Crippen molar-refractivity contribution in [2.24, 2.45) is 5.41 Å². The van der Waals surface area contributed by atoms with Crippen LogP contribution in [0.5, 0.6) is 0 Å². The van der Waals surface area contributed by atoms with Crippen LogP contribution < -0.4 is 0 Å². The predicted molar refractivity (Wildman–Crippen MR) is 185 cm³/mol. The molecule has 1 N–H and O–H groups in total. The highest BCUT2D eigenvalue weighted by Gasteiger charge is 2.31. The molecule has 1 atom stereocenters. The fourth-order valence-electron chi connectivity index (χ4n) is 4.77. The highest BCUT2D eigenvalue weighted by atomic mass is 16.3. The predicted octanol–water partition coefficient (Wildman–Crippen LogP) is 11.7. The van der Waals surface area contributed by atoms with Crippen LogP contribution in [0, 0.1) is 5.41 Å². The number of rotatable bonds is 13. The third-order valence-corrected chi connectivity index (χ3v) is 7.09. The molecular formula is C40H56O. The molecule has 222 valence electrons. The molecule has 0 bridgehead atoms. The normalized spacial score (nSPS) is 20.2. The van der Waals surface area contributed by atoms with Crippen molar-refractivity contribution in [2.45, 2.75) is 101 Å². The highest BCUT2D eigenvalue weighted by Crippen LogP contribution is 2.41. The third-order valence-electron chi connectivity index (χ3n) is 7.09. The van der Waals surface area contributed by atoms with E-state index < -0.39 is 0 Å². The smallest absolute Gasteiger partial charge is 0.0585 e. The Labute approximate surface area is 252 Å². The Bertz CT molecular complexity index is 1220. The lowest BCUT2D eigenvalue weighted by Gasteiger charge is -2.35. The summed E-state index contributed by atoms with van der Waals surface area (Å²) in [6.45, 7) is 21.6. The lowest BCUT2D eigenvalue weighted by atomic mass is 9.71. The Morgan fingerprint density at radius 3 is 1.66 bits per heavy atom. The second-order valence-electron chi connectivity index (χ2n) is 12.4. The van der Waals surface area contributed by atoms with Gasteiger partial charge in [-0.1, -0.05) is 150 Å². The first-order valence-electron chi connectivity index (χ1n) is 15.1. The van der Waals surface area contributed by atoms with Gasteiger partial charge in [0, 0.05) is 0 Å². The molecule has 0 aromatic rings. The summed E-state index contributed by atoms with van der Waals surface area (Å²) in [4.78, 5) is 0. The molecule has 0 aliphatic heterocycles. The van der Waals surface area contributed by atoms with E-state index in [1.807, 2.05) is 0 Å². The summed E-state index contributed by atoms with van der Waals surface area (Å²) in [7, 11) is 0. The zero-order chi connectivity index (χ0) is 30.8. The Balaban J connectivity index is 2.60. The fourth-order valence-corrected chi connectivity index (χ4v) is 4.77. The van der Waals surface area contributed by atoms with Crippen molar-refractivity contribution >= 4 is 0 Å². The van der Waals surface area contributed by atoms with Crippen molar-refractivity contribution < 1.29 is 5.11 Å². The van der Waals surface area contributed by atoms with Gasteiger partial charge in [-0.25, -0.2) is 0 Å². The van der Waals surface area contributed by atoms with Crippen molar-refractivity contribution in [3.8, 4) is 0 Å². The van der Waals surface area contributed by atoms with E-state index in [4.69, 9.17) is 0 Å². The minimum absolute atomic E-state index is 0.0115. The van der Waals surface area contributed by atoms with Gasteiger partial charge in [-0.05, 0) is 92.1 Å². The molecule has 1 aliphatic carbocycles. The fraction of sp³-hybridized carbons (Fsp3) is 0.400. The Kier molecular flexibility index (Phi) is 16.7. The molecule has 0 aromatic carbocycles. The van der Waals surface area contributed by atoms with Crippen LogP contribution in [0.25, 0.3) is 0 Å². The van der Waals surface area contributed by atoms with Crippen molar-refractivity contribution in [1.29, 1.82) is 0 Å². The molecule has 0 fully saturated rings. The van der Waals surface area contributed by atoms with Gasteiger partial charge in [-0.2, -0.15) is 0 Å². The van der Waals surface area contributed by atoms with E-state index in [1.165, 1.54) is 44.6 Å². The van der Waals surface area contributed by atoms with Gasteiger partial charge in [0.25, 0.3) is 0 Å². The minimum Gasteiger partial charge on any atom is -0.393 e. The van der Waals surface area contributed by atoms with E-state index >= 15 is 0 Å². The topological polar surface area (TPSA) is 20.2 Å². The first-order valence-corrected chi connectivity index (χ1v) is 15.1. The molecule has 1 nitrogen and oxygen atoms in total. The van der Waals surface area contributed by atoms with Gasteiger partial charge in [0.15, 0.2) is 0 Å². The molecule has 41 heavy (non-hydrogen) atoms. The molecule has 0 amide bonds. The largest absolute Gasteiger partial charge is 0.393 e. The number of allylic oxidation sites excluding steroid dienone is 23. The van der Waals surface area contributed by atoms with E-state index in [2.05, 4.69) is 166 Å². The zero-order valence-corrected chi connectivity index (χ0v) is 27.6. The van der Waals surface area contributed by atoms with Gasteiger partial charge in [0.2, 0.25) is 0 Å². The van der Waals surface area contributed by atoms with Gasteiger partial charge >= 0.3 is 0 Å². The monoisotopic (exact) mass is 552 g/mol. The summed E-state index contributed by atoms with van der Waals surface area (Å²) in [6, 6.07) is 0. The number of aliphatic hydroxyl groups is 1. The van der Waals surface area contributed by atoms with E-state index in [0.29, 0.717) is 0 Å². The number of aliphatic hydroxyl groups excluding tert-OH is 1. The first kappa shape index (κ1) is 35.9. The lowest BCUT2D eigenvalue weighted by molar-refractivity contribution is 0.116. The summed E-state index contributed by atoms with van der Waals surface area (Å²) < 4.78 is 0. The van der Waals surface area contributed by atoms with Crippen molar-refractivity contribution in [1.82, 2.24) is 0 Å². The van der Waals surface area contributed by atoms with Gasteiger partial charge in [-0.15, -0.1) is 0 Å². The average Bonchev–Trinajstić information content (AvgIpc) is 2.85. The van der Waals surface area contributed by atoms with Crippen molar-refractivity contribution in [2.75, 3.05) is 0 Å². The first-order chi connectivity index (χ1) is 19.3. The van der Waals surface area contributed by atoms with E-state index in [9.17, 15) is 5.11 Å². The maximum Gasteiger partial charge on any atom is 0.0585 e. The summed E-state index contributed by atoms with van der Waals surface area (Å²) in [6.07, 6.45) is 38.0. The molecular weight excluding hydrogens is 496 g/mol. The van der Waals surface area contributed by atoms with Crippen LogP contribution in [0.15, 0.2) is 142 Å². The quantitative estimate of drug-likeness (QED) is 0.178. The van der Waals surface area contributed by atoms with E-state index in [-0.39, 0.29) is 11.5 Å². The molecule has 1 aliphatic rings. The van der Waals surface area contributed by atoms with Crippen LogP contribution in [0.3, 0.4) is 0 Å². The maximum absolute atomic E-state index is 10.1. The molecule has 0 radical (unpaired) electrons. The van der Waals surface area contributed by atoms with Crippen LogP contribution in [0.2, 0.25) is 0 Å². The van der Waals surface area contributed by atoms with E-state index in [1.54, 1.807) is 0 Å². The van der Waals surface area contributed by atoms with Gasteiger partial charge < -0.3 is 5.11 Å². The molecule has 0 unspecified atom stereocenters. The summed E-state index contributed by atoms with van der Waals surface area (Å²) in [5.74, 6) is 0. The number of hydrogen-bond donors (Lipinski definition) is 1. The molecule has 0 saturated heterocycles. The molecule has 1 rings (SSSR count). The van der Waals surface area contributed by atoms with Gasteiger partial charge in [0.1, 0.15) is 0 Å². The average molecular weight is 553 g/mol. The molecule has 0 aromatic heterocycles. The van der Waals surface area contributed by atoms with Gasteiger partial charge in [0.05, 0.1) is 6.10 Å². The lowest BCUT2D eigenvalue weighted by Crippen LogP contribution is -2.28. The molecule has 1 heteroatoms. The second kappa shape index (κ2) is 19.1. The van der Waals surface area contributed by atoms with Gasteiger partial charge in [-0.3, -0.25) is 0 Å². The summed E-state index contributed by atoms with van der Waals surface area (Å²) in [5.41, 5.74) is 10.3. The van der Waals surface area contributed by atoms with Crippen LogP contribution >= 0.6 is 0 Å². The van der Waals surface area contributed by atoms with Crippen LogP contribution in [-0.2, 0) is 0 Å². The Hall–Kier alpha value is -3.16. The van der Waals surface area contributed by atoms with Crippen LogP contribution in [0.4, 0.5) is 0 Å². The highest BCUT2D eigenvalue weighted by molar-refractivity contribution is 5.38. The zero-order valence-electron chi connectivity index (χ0n) is 27.6. The second-order valence-corrected chi connectivity index (χ2v) is 12.4. The molecule has 0 saturated carbocycles. The van der Waals surface area contributed by atoms with Crippen LogP contribution in [0.1, 0.15) is 94.9 Å². The standard InChI is InChI=1S/C40H56O/c1-31(2)17-13-20-34(5)23-15-25-35(6)24-14-21-32(3)18-11-12-19-33(4)22-16-26-36(7)27-28-39-37(8)29-38(41)30-40(39,9)10/h11-12,14-19,21-28,38,41H,13,20,29-30H2,1-10H3/b12-11+,21-14+,22-16+,25-15+,28-27+,32-18-,33-19+,34-23+,35-24+,36-26+/t38-/m1/s1. The van der Waals surface area contributed by atoms with Crippen molar-refractivity contribution in [3.05, 3.63) is 142 Å². The molecule has 0 heterocycles. The third kappa shape index (κ3) is 16.6.